The van der Waals surface area contributed by atoms with Gasteiger partial charge in [0.15, 0.2) is 0 Å². The van der Waals surface area contributed by atoms with E-state index in [1.54, 1.807) is 6.26 Å². The molecule has 1 heteroatoms. The van der Waals surface area contributed by atoms with Crippen molar-refractivity contribution in [3.8, 4) is 0 Å². The molecule has 0 radical (unpaired) electrons. The molecule has 0 saturated heterocycles. The Labute approximate surface area is 98.5 Å². The molecule has 1 aromatic heterocycles. The smallest absolute Gasteiger partial charge is 0.0934 e. The maximum absolute atomic E-state index is 5.11. The quantitative estimate of drug-likeness (QED) is 0.676. The van der Waals surface area contributed by atoms with E-state index in [0.717, 1.165) is 6.42 Å². The Morgan fingerprint density at radius 1 is 1.50 bits per heavy atom. The van der Waals surface area contributed by atoms with Crippen molar-refractivity contribution < 1.29 is 4.42 Å². The van der Waals surface area contributed by atoms with Crippen molar-refractivity contribution in [2.24, 2.45) is 11.3 Å². The van der Waals surface area contributed by atoms with Crippen LogP contribution in [0.3, 0.4) is 0 Å². The number of aryl methyl sites for hydroxylation is 1. The fraction of sp³-hybridized carbons (Fsp3) is 0.600. The van der Waals surface area contributed by atoms with Gasteiger partial charge in [-0.25, -0.2) is 0 Å². The minimum Gasteiger partial charge on any atom is -0.472 e. The predicted molar refractivity (Wildman–Crippen MR) is 67.3 cm³/mol. The van der Waals surface area contributed by atoms with E-state index in [-0.39, 0.29) is 0 Å². The van der Waals surface area contributed by atoms with E-state index in [1.165, 1.54) is 36.8 Å². The summed E-state index contributed by atoms with van der Waals surface area (Å²) in [4.78, 5) is 0. The average Bonchev–Trinajstić information content (AvgIpc) is 2.68. The highest BCUT2D eigenvalue weighted by Gasteiger charge is 2.33. The van der Waals surface area contributed by atoms with Gasteiger partial charge in [-0.15, -0.1) is 0 Å². The first-order valence-corrected chi connectivity index (χ1v) is 6.28. The lowest BCUT2D eigenvalue weighted by Crippen LogP contribution is -2.29. The summed E-state index contributed by atoms with van der Waals surface area (Å²) < 4.78 is 5.11. The first-order chi connectivity index (χ1) is 7.59. The first-order valence-electron chi connectivity index (χ1n) is 6.28. The Bertz CT molecular complexity index is 346. The summed E-state index contributed by atoms with van der Waals surface area (Å²) in [7, 11) is 0. The molecule has 1 aliphatic rings. The summed E-state index contributed by atoms with van der Waals surface area (Å²) in [5.74, 6) is 0.677. The summed E-state index contributed by atoms with van der Waals surface area (Å²) in [6.07, 6.45) is 9.82. The number of furan rings is 1. The van der Waals surface area contributed by atoms with Crippen molar-refractivity contribution >= 4 is 0 Å². The van der Waals surface area contributed by atoms with Crippen LogP contribution in [0.5, 0.6) is 0 Å². The standard InChI is InChI=1S/C15H22O/c1-12-5-4-9-15(2,3)14(12)7-6-13-8-10-16-11-13/h8,10-11,14H,1,4-7,9H2,2-3H3/t14-/m1/s1. The maximum atomic E-state index is 5.11. The third-order valence-electron chi connectivity index (χ3n) is 4.06. The minimum absolute atomic E-state index is 0.430. The molecule has 0 unspecified atom stereocenters. The van der Waals surface area contributed by atoms with Gasteiger partial charge in [0.1, 0.15) is 0 Å². The molecule has 1 aliphatic carbocycles. The summed E-state index contributed by atoms with van der Waals surface area (Å²) >= 11 is 0. The fourth-order valence-electron chi connectivity index (χ4n) is 3.01. The Morgan fingerprint density at radius 3 is 2.94 bits per heavy atom. The van der Waals surface area contributed by atoms with Crippen LogP contribution in [0.4, 0.5) is 0 Å². The van der Waals surface area contributed by atoms with Gasteiger partial charge in [0.25, 0.3) is 0 Å². The van der Waals surface area contributed by atoms with Gasteiger partial charge < -0.3 is 4.42 Å². The van der Waals surface area contributed by atoms with Gasteiger partial charge in [-0.2, -0.15) is 0 Å². The Balaban J connectivity index is 1.98. The minimum atomic E-state index is 0.430. The zero-order valence-corrected chi connectivity index (χ0v) is 10.5. The van der Waals surface area contributed by atoms with Crippen molar-refractivity contribution in [3.63, 3.8) is 0 Å². The summed E-state index contributed by atoms with van der Waals surface area (Å²) in [6, 6.07) is 2.07. The van der Waals surface area contributed by atoms with E-state index in [2.05, 4.69) is 26.5 Å². The lowest BCUT2D eigenvalue weighted by Gasteiger charge is -2.40. The molecule has 0 amide bonds. The van der Waals surface area contributed by atoms with Gasteiger partial charge in [0.2, 0.25) is 0 Å². The molecule has 1 saturated carbocycles. The number of hydrogen-bond donors (Lipinski definition) is 0. The monoisotopic (exact) mass is 218 g/mol. The highest BCUT2D eigenvalue weighted by atomic mass is 16.3. The molecule has 0 N–H and O–H groups in total. The van der Waals surface area contributed by atoms with E-state index < -0.39 is 0 Å². The van der Waals surface area contributed by atoms with E-state index in [9.17, 15) is 0 Å². The molecule has 1 nitrogen and oxygen atoms in total. The molecule has 0 spiro atoms. The summed E-state index contributed by atoms with van der Waals surface area (Å²) in [6.45, 7) is 9.04. The van der Waals surface area contributed by atoms with Gasteiger partial charge in [0.05, 0.1) is 12.5 Å². The van der Waals surface area contributed by atoms with Crippen molar-refractivity contribution in [2.75, 3.05) is 0 Å². The lowest BCUT2D eigenvalue weighted by atomic mass is 9.65. The zero-order valence-electron chi connectivity index (χ0n) is 10.5. The van der Waals surface area contributed by atoms with Crippen LogP contribution in [0.25, 0.3) is 0 Å². The number of hydrogen-bond acceptors (Lipinski definition) is 1. The van der Waals surface area contributed by atoms with E-state index >= 15 is 0 Å². The van der Waals surface area contributed by atoms with Crippen molar-refractivity contribution in [2.45, 2.75) is 46.0 Å². The fourth-order valence-corrected chi connectivity index (χ4v) is 3.01. The van der Waals surface area contributed by atoms with Gasteiger partial charge in [-0.05, 0) is 55.1 Å². The molecule has 0 bridgehead atoms. The molecule has 1 heterocycles. The predicted octanol–water partition coefficient (Wildman–Crippen LogP) is 4.59. The molecule has 16 heavy (non-hydrogen) atoms. The van der Waals surface area contributed by atoms with E-state index in [1.807, 2.05) is 6.26 Å². The molecule has 1 atom stereocenters. The lowest BCUT2D eigenvalue weighted by molar-refractivity contribution is 0.180. The van der Waals surface area contributed by atoms with Crippen LogP contribution in [-0.4, -0.2) is 0 Å². The molecule has 88 valence electrons. The SMILES string of the molecule is C=C1CCCC(C)(C)[C@@H]1CCc1ccoc1. The third-order valence-corrected chi connectivity index (χ3v) is 4.06. The number of rotatable bonds is 3. The molecular weight excluding hydrogens is 196 g/mol. The van der Waals surface area contributed by atoms with Crippen LogP contribution in [0.1, 0.15) is 45.1 Å². The van der Waals surface area contributed by atoms with Gasteiger partial charge in [0, 0.05) is 0 Å². The molecule has 0 aliphatic heterocycles. The molecule has 2 rings (SSSR count). The van der Waals surface area contributed by atoms with Crippen LogP contribution in [0.2, 0.25) is 0 Å². The molecule has 0 aromatic carbocycles. The van der Waals surface area contributed by atoms with Crippen LogP contribution in [-0.2, 0) is 6.42 Å². The Morgan fingerprint density at radius 2 is 2.31 bits per heavy atom. The second-order valence-electron chi connectivity index (χ2n) is 5.72. The van der Waals surface area contributed by atoms with Crippen LogP contribution < -0.4 is 0 Å². The Hall–Kier alpha value is -0.980. The van der Waals surface area contributed by atoms with E-state index in [4.69, 9.17) is 4.42 Å². The van der Waals surface area contributed by atoms with Gasteiger partial charge in [-0.3, -0.25) is 0 Å². The maximum Gasteiger partial charge on any atom is 0.0934 e. The summed E-state index contributed by atoms with van der Waals surface area (Å²) in [5.41, 5.74) is 3.20. The first kappa shape index (κ1) is 11.5. The van der Waals surface area contributed by atoms with Gasteiger partial charge in [-0.1, -0.05) is 26.0 Å². The largest absolute Gasteiger partial charge is 0.472 e. The molecular formula is C15H22O. The second kappa shape index (κ2) is 4.48. The van der Waals surface area contributed by atoms with Crippen LogP contribution in [0, 0.1) is 11.3 Å². The second-order valence-corrected chi connectivity index (χ2v) is 5.72. The van der Waals surface area contributed by atoms with Crippen molar-refractivity contribution in [1.29, 1.82) is 0 Å². The third kappa shape index (κ3) is 2.40. The van der Waals surface area contributed by atoms with E-state index in [0.29, 0.717) is 11.3 Å². The average molecular weight is 218 g/mol. The zero-order chi connectivity index (χ0) is 11.6. The highest BCUT2D eigenvalue weighted by Crippen LogP contribution is 2.45. The topological polar surface area (TPSA) is 13.1 Å². The number of allylic oxidation sites excluding steroid dienone is 1. The highest BCUT2D eigenvalue weighted by molar-refractivity contribution is 5.12. The van der Waals surface area contributed by atoms with Crippen LogP contribution in [0.15, 0.2) is 35.2 Å². The molecule has 1 fully saturated rings. The van der Waals surface area contributed by atoms with Crippen molar-refractivity contribution in [3.05, 3.63) is 36.3 Å². The Kier molecular flexibility index (Phi) is 3.22. The van der Waals surface area contributed by atoms with Gasteiger partial charge >= 0.3 is 0 Å². The summed E-state index contributed by atoms with van der Waals surface area (Å²) in [5, 5.41) is 0. The van der Waals surface area contributed by atoms with Crippen LogP contribution >= 0.6 is 0 Å². The molecule has 1 aromatic rings. The van der Waals surface area contributed by atoms with Crippen molar-refractivity contribution in [1.82, 2.24) is 0 Å². The normalized spacial score (nSPS) is 24.6.